The average Bonchev–Trinajstić information content (AvgIpc) is 3.01. The first-order valence-corrected chi connectivity index (χ1v) is 8.67. The highest BCUT2D eigenvalue weighted by Gasteiger charge is 2.30. The van der Waals surface area contributed by atoms with Crippen LogP contribution in [0.4, 0.5) is 0 Å². The lowest BCUT2D eigenvalue weighted by Crippen LogP contribution is -2.08. The number of benzene rings is 2. The fourth-order valence-electron chi connectivity index (χ4n) is 3.29. The SMILES string of the molecule is CCCCCOC(=O)c1cccc2c1-c1ccccc1C2=C(C#N)C#N. The Morgan fingerprint density at radius 2 is 1.65 bits per heavy atom. The van der Waals surface area contributed by atoms with Crippen LogP contribution in [0, 0.1) is 22.7 Å². The van der Waals surface area contributed by atoms with E-state index >= 15 is 0 Å². The fraction of sp³-hybridized carbons (Fsp3) is 0.227. The number of unbranched alkanes of at least 4 members (excludes halogenated alkanes) is 2. The second-order valence-corrected chi connectivity index (χ2v) is 6.09. The van der Waals surface area contributed by atoms with Crippen molar-refractivity contribution in [2.75, 3.05) is 6.61 Å². The first kappa shape index (κ1) is 17.5. The maximum Gasteiger partial charge on any atom is 0.338 e. The molecule has 4 nitrogen and oxygen atoms in total. The third kappa shape index (κ3) is 2.98. The number of hydrogen-bond donors (Lipinski definition) is 0. The number of nitrogens with zero attached hydrogens (tertiary/aromatic N) is 2. The number of carbonyl (C=O) groups is 1. The Kier molecular flexibility index (Phi) is 5.15. The molecule has 0 spiro atoms. The number of nitriles is 2. The van der Waals surface area contributed by atoms with Crippen LogP contribution >= 0.6 is 0 Å². The van der Waals surface area contributed by atoms with Crippen molar-refractivity contribution in [2.24, 2.45) is 0 Å². The summed E-state index contributed by atoms with van der Waals surface area (Å²) in [4.78, 5) is 12.6. The molecule has 0 aliphatic heterocycles. The van der Waals surface area contributed by atoms with Crippen LogP contribution in [-0.2, 0) is 4.74 Å². The Morgan fingerprint density at radius 1 is 0.962 bits per heavy atom. The van der Waals surface area contributed by atoms with Gasteiger partial charge in [-0.2, -0.15) is 10.5 Å². The molecule has 0 radical (unpaired) electrons. The largest absolute Gasteiger partial charge is 0.462 e. The summed E-state index contributed by atoms with van der Waals surface area (Å²) in [5, 5.41) is 18.7. The summed E-state index contributed by atoms with van der Waals surface area (Å²) in [5.41, 5.74) is 4.21. The first-order valence-electron chi connectivity index (χ1n) is 8.67. The summed E-state index contributed by atoms with van der Waals surface area (Å²) >= 11 is 0. The molecule has 2 aromatic carbocycles. The maximum absolute atomic E-state index is 12.6. The lowest BCUT2D eigenvalue weighted by atomic mass is 9.97. The minimum absolute atomic E-state index is 0.0460. The molecular formula is C22H18N2O2. The Balaban J connectivity index is 2.11. The van der Waals surface area contributed by atoms with Crippen LogP contribution < -0.4 is 0 Å². The number of hydrogen-bond acceptors (Lipinski definition) is 4. The van der Waals surface area contributed by atoms with Gasteiger partial charge in [0, 0.05) is 11.1 Å². The van der Waals surface area contributed by atoms with Crippen LogP contribution in [0.2, 0.25) is 0 Å². The molecule has 0 saturated heterocycles. The summed E-state index contributed by atoms with van der Waals surface area (Å²) in [6, 6.07) is 16.8. The summed E-state index contributed by atoms with van der Waals surface area (Å²) in [6.45, 7) is 2.49. The van der Waals surface area contributed by atoms with Crippen molar-refractivity contribution >= 4 is 11.5 Å². The van der Waals surface area contributed by atoms with E-state index in [2.05, 4.69) is 6.92 Å². The van der Waals surface area contributed by atoms with Gasteiger partial charge in [0.15, 0.2) is 0 Å². The van der Waals surface area contributed by atoms with Crippen LogP contribution in [0.5, 0.6) is 0 Å². The third-order valence-electron chi connectivity index (χ3n) is 4.47. The number of fused-ring (bicyclic) bond motifs is 3. The van der Waals surface area contributed by atoms with E-state index in [1.807, 2.05) is 42.5 Å². The standard InChI is InChI=1S/C22H18N2O2/c1-2-3-6-12-26-22(25)19-11-7-10-18-20(15(13-23)14-24)16-8-4-5-9-17(16)21(18)19/h4-5,7-11H,2-3,6,12H2,1H3. The van der Waals surface area contributed by atoms with Gasteiger partial charge in [-0.15, -0.1) is 0 Å². The number of carbonyl (C=O) groups excluding carboxylic acids is 1. The third-order valence-corrected chi connectivity index (χ3v) is 4.47. The zero-order valence-corrected chi connectivity index (χ0v) is 14.6. The maximum atomic E-state index is 12.6. The smallest absolute Gasteiger partial charge is 0.338 e. The molecule has 0 amide bonds. The number of rotatable bonds is 5. The van der Waals surface area contributed by atoms with E-state index < -0.39 is 0 Å². The lowest BCUT2D eigenvalue weighted by Gasteiger charge is -2.09. The molecule has 26 heavy (non-hydrogen) atoms. The predicted molar refractivity (Wildman–Crippen MR) is 98.9 cm³/mol. The monoisotopic (exact) mass is 342 g/mol. The Labute approximate surface area is 153 Å². The Morgan fingerprint density at radius 3 is 2.35 bits per heavy atom. The Bertz CT molecular complexity index is 958. The summed E-state index contributed by atoms with van der Waals surface area (Å²) in [7, 11) is 0. The fourth-order valence-corrected chi connectivity index (χ4v) is 3.29. The van der Waals surface area contributed by atoms with Crippen molar-refractivity contribution in [1.29, 1.82) is 10.5 Å². The normalized spacial score (nSPS) is 11.1. The van der Waals surface area contributed by atoms with Gasteiger partial charge >= 0.3 is 5.97 Å². The molecule has 0 N–H and O–H groups in total. The van der Waals surface area contributed by atoms with Gasteiger partial charge in [0.05, 0.1) is 12.2 Å². The molecule has 0 fully saturated rings. The highest BCUT2D eigenvalue weighted by molar-refractivity contribution is 6.10. The van der Waals surface area contributed by atoms with Crippen LogP contribution in [0.1, 0.15) is 47.7 Å². The summed E-state index contributed by atoms with van der Waals surface area (Å²) < 4.78 is 5.43. The van der Waals surface area contributed by atoms with Gasteiger partial charge in [-0.05, 0) is 29.2 Å². The van der Waals surface area contributed by atoms with E-state index in [0.29, 0.717) is 17.7 Å². The van der Waals surface area contributed by atoms with Gasteiger partial charge in [-0.3, -0.25) is 0 Å². The zero-order chi connectivity index (χ0) is 18.5. The quantitative estimate of drug-likeness (QED) is 0.377. The molecule has 0 saturated carbocycles. The molecule has 0 heterocycles. The van der Waals surface area contributed by atoms with Gasteiger partial charge in [-0.25, -0.2) is 4.79 Å². The van der Waals surface area contributed by atoms with Crippen molar-refractivity contribution in [3.05, 3.63) is 64.7 Å². The topological polar surface area (TPSA) is 73.9 Å². The molecule has 0 unspecified atom stereocenters. The second kappa shape index (κ2) is 7.68. The van der Waals surface area contributed by atoms with Crippen molar-refractivity contribution in [3.8, 4) is 23.3 Å². The van der Waals surface area contributed by atoms with Gasteiger partial charge < -0.3 is 4.74 Å². The van der Waals surface area contributed by atoms with Gasteiger partial charge in [0.25, 0.3) is 0 Å². The molecule has 0 aromatic heterocycles. The van der Waals surface area contributed by atoms with E-state index in [4.69, 9.17) is 4.74 Å². The van der Waals surface area contributed by atoms with Crippen molar-refractivity contribution in [2.45, 2.75) is 26.2 Å². The van der Waals surface area contributed by atoms with Crippen molar-refractivity contribution in [3.63, 3.8) is 0 Å². The van der Waals surface area contributed by atoms with Crippen molar-refractivity contribution in [1.82, 2.24) is 0 Å². The molecule has 1 aliphatic carbocycles. The van der Waals surface area contributed by atoms with Gasteiger partial charge in [-0.1, -0.05) is 56.2 Å². The molecular weight excluding hydrogens is 324 g/mol. The number of ether oxygens (including phenoxy) is 1. The van der Waals surface area contributed by atoms with Crippen LogP contribution in [0.3, 0.4) is 0 Å². The number of allylic oxidation sites excluding steroid dienone is 1. The van der Waals surface area contributed by atoms with Gasteiger partial charge in [0.1, 0.15) is 17.7 Å². The minimum atomic E-state index is -0.371. The molecule has 3 rings (SSSR count). The second-order valence-electron chi connectivity index (χ2n) is 6.09. The minimum Gasteiger partial charge on any atom is -0.462 e. The lowest BCUT2D eigenvalue weighted by molar-refractivity contribution is 0.0499. The zero-order valence-electron chi connectivity index (χ0n) is 14.6. The Hall–Kier alpha value is -3.37. The highest BCUT2D eigenvalue weighted by Crippen LogP contribution is 2.47. The van der Waals surface area contributed by atoms with Crippen molar-refractivity contribution < 1.29 is 9.53 Å². The van der Waals surface area contributed by atoms with E-state index in [1.54, 1.807) is 12.1 Å². The van der Waals surface area contributed by atoms with Gasteiger partial charge in [0.2, 0.25) is 0 Å². The summed E-state index contributed by atoms with van der Waals surface area (Å²) in [5.74, 6) is -0.371. The van der Waals surface area contributed by atoms with Crippen LogP contribution in [0.25, 0.3) is 16.7 Å². The van der Waals surface area contributed by atoms with Crippen LogP contribution in [-0.4, -0.2) is 12.6 Å². The molecule has 0 atom stereocenters. The molecule has 4 heteroatoms. The van der Waals surface area contributed by atoms with E-state index in [1.165, 1.54) is 0 Å². The molecule has 128 valence electrons. The first-order chi connectivity index (χ1) is 12.7. The molecule has 0 bridgehead atoms. The average molecular weight is 342 g/mol. The predicted octanol–water partition coefficient (Wildman–Crippen LogP) is 4.86. The van der Waals surface area contributed by atoms with E-state index in [9.17, 15) is 15.3 Å². The number of esters is 1. The summed E-state index contributed by atoms with van der Waals surface area (Å²) in [6.07, 6.45) is 2.92. The molecule has 1 aliphatic rings. The van der Waals surface area contributed by atoms with E-state index in [-0.39, 0.29) is 11.5 Å². The van der Waals surface area contributed by atoms with Crippen LogP contribution in [0.15, 0.2) is 48.0 Å². The van der Waals surface area contributed by atoms with E-state index in [0.717, 1.165) is 41.5 Å². The highest BCUT2D eigenvalue weighted by atomic mass is 16.5. The molecule has 2 aromatic rings.